The number of fused-ring (bicyclic) bond motifs is 6. The quantitative estimate of drug-likeness (QED) is 0.575. The fourth-order valence-electron chi connectivity index (χ4n) is 10.1. The van der Waals surface area contributed by atoms with Crippen molar-refractivity contribution in [3.8, 4) is 6.07 Å². The molecular weight excluding hydrogens is 432 g/mol. The van der Waals surface area contributed by atoms with Crippen LogP contribution in [0.2, 0.25) is 0 Å². The summed E-state index contributed by atoms with van der Waals surface area (Å²) in [5.41, 5.74) is 2.38. The Bertz CT molecular complexity index is 1060. The number of aliphatic hydroxyl groups is 1. The van der Waals surface area contributed by atoms with Crippen molar-refractivity contribution in [2.45, 2.75) is 96.6 Å². The van der Waals surface area contributed by atoms with E-state index in [0.29, 0.717) is 16.9 Å². The van der Waals surface area contributed by atoms with Gasteiger partial charge in [0.1, 0.15) is 0 Å². The first-order chi connectivity index (χ1) is 16.7. The maximum atomic E-state index is 13.5. The molecule has 4 fully saturated rings. The summed E-state index contributed by atoms with van der Waals surface area (Å²) in [5, 5.41) is 19.9. The molecule has 6 rings (SSSR count). The van der Waals surface area contributed by atoms with Gasteiger partial charge in [-0.05, 0) is 143 Å². The van der Waals surface area contributed by atoms with E-state index < -0.39 is 5.60 Å². The maximum Gasteiger partial charge on any atom is 0.254 e. The third-order valence-corrected chi connectivity index (χ3v) is 11.7. The van der Waals surface area contributed by atoms with Crippen LogP contribution in [0.3, 0.4) is 0 Å². The van der Waals surface area contributed by atoms with Gasteiger partial charge in [0.05, 0.1) is 17.2 Å². The van der Waals surface area contributed by atoms with Crippen molar-refractivity contribution >= 4 is 5.91 Å². The lowest BCUT2D eigenvalue weighted by Crippen LogP contribution is -2.54. The molecule has 1 aliphatic heterocycles. The molecule has 0 saturated heterocycles. The molecule has 4 saturated carbocycles. The Kier molecular flexibility index (Phi) is 5.61. The number of carbonyl (C=O) groups is 1. The Hall–Kier alpha value is -1.86. The van der Waals surface area contributed by atoms with Crippen LogP contribution in [0.25, 0.3) is 0 Å². The topological polar surface area (TPSA) is 64.3 Å². The van der Waals surface area contributed by atoms with Crippen LogP contribution in [0.4, 0.5) is 0 Å². The molecule has 0 aromatic heterocycles. The van der Waals surface area contributed by atoms with Crippen molar-refractivity contribution in [1.82, 2.24) is 4.90 Å². The number of benzene rings is 1. The lowest BCUT2D eigenvalue weighted by molar-refractivity contribution is -0.103. The summed E-state index contributed by atoms with van der Waals surface area (Å²) >= 11 is 0. The predicted octanol–water partition coefficient (Wildman–Crippen LogP) is 5.96. The number of carbonyl (C=O) groups excluding carboxylic acids is 1. The highest BCUT2D eigenvalue weighted by atomic mass is 16.3. The lowest BCUT2D eigenvalue weighted by atomic mass is 9.48. The summed E-state index contributed by atoms with van der Waals surface area (Å²) in [4.78, 5) is 15.7. The van der Waals surface area contributed by atoms with E-state index in [4.69, 9.17) is 0 Å². The molecule has 4 nitrogen and oxygen atoms in total. The highest BCUT2D eigenvalue weighted by molar-refractivity contribution is 5.97. The van der Waals surface area contributed by atoms with Crippen LogP contribution in [0, 0.1) is 52.3 Å². The Morgan fingerprint density at radius 1 is 1.06 bits per heavy atom. The molecule has 0 bridgehead atoms. The molecule has 1 N–H and O–H groups in total. The fraction of sp³-hybridized carbons (Fsp3) is 0.742. The molecule has 1 unspecified atom stereocenters. The highest BCUT2D eigenvalue weighted by Gasteiger charge is 2.59. The maximum absolute atomic E-state index is 13.5. The zero-order valence-corrected chi connectivity index (χ0v) is 21.8. The second-order valence-electron chi connectivity index (χ2n) is 13.4. The normalized spacial score (nSPS) is 43.4. The van der Waals surface area contributed by atoms with Gasteiger partial charge in [0, 0.05) is 18.2 Å². The summed E-state index contributed by atoms with van der Waals surface area (Å²) in [6, 6.07) is 8.05. The molecule has 0 radical (unpaired) electrons. The van der Waals surface area contributed by atoms with Crippen molar-refractivity contribution < 1.29 is 9.90 Å². The number of hydrogen-bond acceptors (Lipinski definition) is 3. The first-order valence-corrected chi connectivity index (χ1v) is 14.3. The molecule has 35 heavy (non-hydrogen) atoms. The molecule has 1 heterocycles. The zero-order chi connectivity index (χ0) is 24.5. The summed E-state index contributed by atoms with van der Waals surface area (Å²) in [5.74, 6) is 4.79. The van der Waals surface area contributed by atoms with E-state index >= 15 is 0 Å². The van der Waals surface area contributed by atoms with Crippen molar-refractivity contribution in [1.29, 1.82) is 5.26 Å². The number of nitriles is 1. The van der Waals surface area contributed by atoms with Crippen LogP contribution in [0.15, 0.2) is 18.2 Å². The number of hydrogen-bond donors (Lipinski definition) is 1. The van der Waals surface area contributed by atoms with Crippen LogP contribution in [0.5, 0.6) is 0 Å². The van der Waals surface area contributed by atoms with Gasteiger partial charge in [-0.15, -0.1) is 0 Å². The van der Waals surface area contributed by atoms with Crippen LogP contribution in [-0.4, -0.2) is 34.1 Å². The highest BCUT2D eigenvalue weighted by Crippen LogP contribution is 2.65. The zero-order valence-electron chi connectivity index (χ0n) is 21.8. The SMILES string of the molecule is C[C@H]([C@H]1CC[C@H]2[C@@H]3CCC4C[C@](C)(O)CC[C@@H]4[C@H]3CC[C@]12C)N1CCc2cc(C#N)ccc2C1=O. The summed E-state index contributed by atoms with van der Waals surface area (Å²) < 4.78 is 0. The van der Waals surface area contributed by atoms with Crippen LogP contribution >= 0.6 is 0 Å². The van der Waals surface area contributed by atoms with Gasteiger partial charge in [-0.2, -0.15) is 5.26 Å². The minimum absolute atomic E-state index is 0.166. The number of amides is 1. The Labute approximate surface area is 211 Å². The summed E-state index contributed by atoms with van der Waals surface area (Å²) in [6.45, 7) is 7.71. The molecule has 0 spiro atoms. The first-order valence-electron chi connectivity index (χ1n) is 14.3. The molecule has 4 aliphatic carbocycles. The summed E-state index contributed by atoms with van der Waals surface area (Å²) in [7, 11) is 0. The van der Waals surface area contributed by atoms with Crippen molar-refractivity contribution in [2.24, 2.45) is 40.9 Å². The lowest BCUT2D eigenvalue weighted by Gasteiger charge is -2.57. The number of nitrogens with zero attached hydrogens (tertiary/aromatic N) is 2. The van der Waals surface area contributed by atoms with Gasteiger partial charge < -0.3 is 10.0 Å². The third-order valence-electron chi connectivity index (χ3n) is 11.7. The molecule has 5 aliphatic rings. The van der Waals surface area contributed by atoms with E-state index in [0.717, 1.165) is 66.5 Å². The van der Waals surface area contributed by atoms with E-state index in [-0.39, 0.29) is 11.9 Å². The van der Waals surface area contributed by atoms with Crippen molar-refractivity contribution in [2.75, 3.05) is 6.54 Å². The molecular formula is C31H42N2O2. The van der Waals surface area contributed by atoms with Gasteiger partial charge in [0.2, 0.25) is 0 Å². The van der Waals surface area contributed by atoms with E-state index in [1.165, 1.54) is 44.9 Å². The van der Waals surface area contributed by atoms with E-state index in [2.05, 4.69) is 31.7 Å². The van der Waals surface area contributed by atoms with Crippen molar-refractivity contribution in [3.63, 3.8) is 0 Å². The van der Waals surface area contributed by atoms with Gasteiger partial charge in [0.25, 0.3) is 5.91 Å². The van der Waals surface area contributed by atoms with Crippen molar-refractivity contribution in [3.05, 3.63) is 34.9 Å². The summed E-state index contributed by atoms with van der Waals surface area (Å²) in [6.07, 6.45) is 11.9. The van der Waals surface area contributed by atoms with Crippen LogP contribution in [0.1, 0.15) is 100 Å². The van der Waals surface area contributed by atoms with E-state index in [1.807, 2.05) is 12.1 Å². The largest absolute Gasteiger partial charge is 0.390 e. The van der Waals surface area contributed by atoms with Gasteiger partial charge in [-0.1, -0.05) is 6.92 Å². The second-order valence-corrected chi connectivity index (χ2v) is 13.4. The standard InChI is InChI=1S/C31H42N2O2/c1-19(33-15-12-21-16-20(18-32)4-6-24(21)29(33)34)27-8-9-28-26-7-5-22-17-30(2,35)13-10-23(22)25(26)11-14-31(27,28)3/h4,6,16,19,22-23,25-28,35H,5,7-15,17H2,1-3H3/t19-,22?,23+,25-,26-,27-,28+,30-,31-/m1/s1. The third kappa shape index (κ3) is 3.67. The molecule has 1 amide bonds. The smallest absolute Gasteiger partial charge is 0.254 e. The Morgan fingerprint density at radius 2 is 1.86 bits per heavy atom. The average molecular weight is 475 g/mol. The molecule has 1 aromatic rings. The van der Waals surface area contributed by atoms with E-state index in [1.54, 1.807) is 6.07 Å². The van der Waals surface area contributed by atoms with Crippen LogP contribution in [-0.2, 0) is 6.42 Å². The van der Waals surface area contributed by atoms with E-state index in [9.17, 15) is 15.2 Å². The molecule has 4 heteroatoms. The molecule has 188 valence electrons. The molecule has 1 aromatic carbocycles. The first kappa shape index (κ1) is 23.5. The van der Waals surface area contributed by atoms with Gasteiger partial charge in [0.15, 0.2) is 0 Å². The average Bonchev–Trinajstić information content (AvgIpc) is 3.20. The monoisotopic (exact) mass is 474 g/mol. The number of rotatable bonds is 2. The van der Waals surface area contributed by atoms with Crippen LogP contribution < -0.4 is 0 Å². The Morgan fingerprint density at radius 3 is 2.66 bits per heavy atom. The minimum atomic E-state index is -0.444. The van der Waals surface area contributed by atoms with Gasteiger partial charge >= 0.3 is 0 Å². The molecule has 9 atom stereocenters. The van der Waals surface area contributed by atoms with Gasteiger partial charge in [-0.3, -0.25) is 4.79 Å². The minimum Gasteiger partial charge on any atom is -0.390 e. The predicted molar refractivity (Wildman–Crippen MR) is 137 cm³/mol. The fourth-order valence-corrected chi connectivity index (χ4v) is 10.1. The second kappa shape index (κ2) is 8.34. The van der Waals surface area contributed by atoms with Gasteiger partial charge in [-0.25, -0.2) is 0 Å². The Balaban J connectivity index is 1.20.